The van der Waals surface area contributed by atoms with Crippen molar-refractivity contribution in [1.29, 1.82) is 0 Å². The Morgan fingerprint density at radius 2 is 1.65 bits per heavy atom. The average molecular weight is 801 g/mol. The Balaban J connectivity index is 0.00000368. The molecule has 43 heavy (non-hydrogen) atoms. The summed E-state index contributed by atoms with van der Waals surface area (Å²) < 4.78 is 5.78. The molecular formula is C37H42N2O3U. The van der Waals surface area contributed by atoms with Gasteiger partial charge in [0.25, 0.3) is 0 Å². The Kier molecular flexibility index (Phi) is 10.2. The molecule has 6 rings (SSSR count). The summed E-state index contributed by atoms with van der Waals surface area (Å²) in [6.07, 6.45) is 7.87. The van der Waals surface area contributed by atoms with E-state index in [0.29, 0.717) is 35.5 Å². The molecule has 2 saturated carbocycles. The third kappa shape index (κ3) is 6.00. The van der Waals surface area contributed by atoms with Gasteiger partial charge in [-0.05, 0) is 86.6 Å². The third-order valence-electron chi connectivity index (χ3n) is 10.2. The number of nitrogens with zero attached hydrogens (tertiary/aromatic N) is 1. The van der Waals surface area contributed by atoms with Crippen molar-refractivity contribution in [2.24, 2.45) is 17.8 Å². The number of nitrogens with one attached hydrogen (secondary N) is 1. The second-order valence-corrected chi connectivity index (χ2v) is 12.3. The smallest absolute Gasteiger partial charge is 0.496 e. The second-order valence-electron chi connectivity index (χ2n) is 12.3. The van der Waals surface area contributed by atoms with E-state index in [1.54, 1.807) is 7.11 Å². The normalized spacial score (nSPS) is 23.2. The summed E-state index contributed by atoms with van der Waals surface area (Å²) in [6, 6.07) is 16.2. The molecule has 6 heteroatoms. The standard InChI is InChI=1S/C37H42N2O3.U/c1-5-39(6-2)20-19-24-15-16-25(24)21-33(40)35-23(3)38-32(36(35)30-13-9-10-14-34(30)42-4)22-31-27-12-8-7-11-26(27)28-17-18-29(28)37(31)41;/h7-14,22,24-25,28-29,38H,1-2,5-6,15-21H2,3-4H3;/q-2;+2/b31-22-;/t24?,25?,28?,29-;/m0./s1. The van der Waals surface area contributed by atoms with Crippen LogP contribution in [-0.2, 0) is 4.79 Å². The number of aromatic amines is 1. The number of Topliss-reactive ketones (excluding diaryl/α,β-unsaturated/α-hetero) is 2. The van der Waals surface area contributed by atoms with E-state index in [1.807, 2.05) is 43.3 Å². The molecule has 3 unspecified atom stereocenters. The van der Waals surface area contributed by atoms with Gasteiger partial charge in [0, 0.05) is 46.0 Å². The van der Waals surface area contributed by atoms with Gasteiger partial charge in [-0.15, -0.1) is 13.1 Å². The van der Waals surface area contributed by atoms with Crippen molar-refractivity contribution in [1.82, 2.24) is 9.88 Å². The number of para-hydroxylation sites is 1. The van der Waals surface area contributed by atoms with Gasteiger partial charge in [-0.25, -0.2) is 0 Å². The third-order valence-corrected chi connectivity index (χ3v) is 10.2. The Morgan fingerprint density at radius 3 is 2.30 bits per heavy atom. The summed E-state index contributed by atoms with van der Waals surface area (Å²) in [4.78, 5) is 33.7. The maximum Gasteiger partial charge on any atom is 2.00 e. The number of rotatable bonds is 11. The van der Waals surface area contributed by atoms with Gasteiger partial charge >= 0.3 is 31.1 Å². The van der Waals surface area contributed by atoms with E-state index in [-0.39, 0.29) is 48.6 Å². The minimum atomic E-state index is 0. The van der Waals surface area contributed by atoms with E-state index in [0.717, 1.165) is 79.0 Å². The zero-order valence-electron chi connectivity index (χ0n) is 25.5. The van der Waals surface area contributed by atoms with Crippen LogP contribution >= 0.6 is 0 Å². The first kappa shape index (κ1) is 32.0. The van der Waals surface area contributed by atoms with Crippen LogP contribution in [0.5, 0.6) is 5.75 Å². The number of methoxy groups -OCH3 is 1. The second kappa shape index (κ2) is 13.7. The van der Waals surface area contributed by atoms with Crippen molar-refractivity contribution < 1.29 is 45.4 Å². The number of carbonyl (C=O) groups excluding carboxylic acids is 2. The molecule has 0 amide bonds. The van der Waals surface area contributed by atoms with Crippen LogP contribution < -0.4 is 4.74 Å². The van der Waals surface area contributed by atoms with Crippen molar-refractivity contribution in [3.05, 3.63) is 90.5 Å². The van der Waals surface area contributed by atoms with Gasteiger partial charge in [-0.1, -0.05) is 42.5 Å². The summed E-state index contributed by atoms with van der Waals surface area (Å²) in [5.74, 6) is 2.40. The van der Waals surface area contributed by atoms with E-state index in [2.05, 4.69) is 41.9 Å². The number of fused-ring (bicyclic) bond motifs is 3. The molecule has 1 aromatic heterocycles. The first-order chi connectivity index (χ1) is 20.4. The molecule has 222 valence electrons. The number of aryl methyl sites for hydroxylation is 1. The summed E-state index contributed by atoms with van der Waals surface area (Å²) in [7, 11) is 1.66. The fraction of sp³-hybridized carbons (Fsp3) is 0.405. The molecule has 0 radical (unpaired) electrons. The largest absolute Gasteiger partial charge is 2.00 e. The van der Waals surface area contributed by atoms with Crippen molar-refractivity contribution in [3.63, 3.8) is 0 Å². The van der Waals surface area contributed by atoms with E-state index in [1.165, 1.54) is 12.0 Å². The van der Waals surface area contributed by atoms with Crippen molar-refractivity contribution in [2.45, 2.75) is 51.4 Å². The molecule has 3 aromatic rings. The zero-order valence-corrected chi connectivity index (χ0v) is 29.6. The van der Waals surface area contributed by atoms with Gasteiger partial charge in [0.1, 0.15) is 5.75 Å². The fourth-order valence-electron chi connectivity index (χ4n) is 7.43. The first-order valence-corrected chi connectivity index (χ1v) is 15.5. The molecule has 3 aliphatic rings. The number of hydrogen-bond acceptors (Lipinski definition) is 4. The number of benzene rings is 2. The average Bonchev–Trinajstić information content (AvgIpc) is 3.30. The van der Waals surface area contributed by atoms with Gasteiger partial charge in [-0.2, -0.15) is 0 Å². The predicted molar refractivity (Wildman–Crippen MR) is 169 cm³/mol. The molecule has 0 bridgehead atoms. The number of ketones is 2. The first-order valence-electron chi connectivity index (χ1n) is 15.5. The van der Waals surface area contributed by atoms with Crippen molar-refractivity contribution >= 4 is 23.2 Å². The molecule has 0 saturated heterocycles. The Hall–Kier alpha value is -2.39. The molecule has 0 spiro atoms. The number of hydrogen-bond donors (Lipinski definition) is 1. The van der Waals surface area contributed by atoms with Crippen LogP contribution in [0.4, 0.5) is 0 Å². The van der Waals surface area contributed by atoms with E-state index >= 15 is 0 Å². The van der Waals surface area contributed by atoms with Crippen LogP contribution in [0.25, 0.3) is 22.8 Å². The van der Waals surface area contributed by atoms with Crippen molar-refractivity contribution in [3.8, 4) is 16.9 Å². The fourth-order valence-corrected chi connectivity index (χ4v) is 7.43. The summed E-state index contributed by atoms with van der Waals surface area (Å²) in [5, 5.41) is 0. The molecule has 4 atom stereocenters. The number of allylic oxidation sites excluding steroid dienone is 1. The predicted octanol–water partition coefficient (Wildman–Crippen LogP) is 7.57. The molecule has 3 aliphatic carbocycles. The van der Waals surface area contributed by atoms with Crippen LogP contribution in [0.2, 0.25) is 0 Å². The van der Waals surface area contributed by atoms with Gasteiger partial charge in [-0.3, -0.25) is 9.59 Å². The molecular weight excluding hydrogens is 758 g/mol. The number of ether oxygens (including phenoxy) is 1. The van der Waals surface area contributed by atoms with E-state index < -0.39 is 0 Å². The summed E-state index contributed by atoms with van der Waals surface area (Å²) >= 11 is 0. The van der Waals surface area contributed by atoms with Crippen LogP contribution in [0.15, 0.2) is 48.5 Å². The Labute approximate surface area is 280 Å². The number of aromatic nitrogens is 1. The molecule has 1 N–H and O–H groups in total. The summed E-state index contributed by atoms with van der Waals surface area (Å²) in [6.45, 7) is 12.5. The zero-order chi connectivity index (χ0) is 29.4. The number of H-pyrrole nitrogens is 1. The topological polar surface area (TPSA) is 62.4 Å². The summed E-state index contributed by atoms with van der Waals surface area (Å²) in [5.41, 5.74) is 7.07. The molecule has 0 aliphatic heterocycles. The molecule has 2 aromatic carbocycles. The maximum atomic E-state index is 14.2. The maximum absolute atomic E-state index is 14.2. The van der Waals surface area contributed by atoms with Crippen LogP contribution in [0.1, 0.15) is 77.3 Å². The van der Waals surface area contributed by atoms with Gasteiger partial charge < -0.3 is 28.5 Å². The van der Waals surface area contributed by atoms with Gasteiger partial charge in [0.2, 0.25) is 0 Å². The van der Waals surface area contributed by atoms with Crippen LogP contribution in [0, 0.1) is 69.6 Å². The Morgan fingerprint density at radius 1 is 0.977 bits per heavy atom. The van der Waals surface area contributed by atoms with E-state index in [4.69, 9.17) is 4.74 Å². The van der Waals surface area contributed by atoms with Crippen LogP contribution in [-0.4, -0.2) is 48.2 Å². The van der Waals surface area contributed by atoms with E-state index in [9.17, 15) is 9.59 Å². The molecule has 5 nitrogen and oxygen atoms in total. The van der Waals surface area contributed by atoms with Crippen molar-refractivity contribution in [2.75, 3.05) is 26.7 Å². The number of carbonyl (C=O) groups is 2. The quantitative estimate of drug-likeness (QED) is 0.124. The minimum absolute atomic E-state index is 0. The Bertz CT molecular complexity index is 1520. The van der Waals surface area contributed by atoms with Gasteiger partial charge in [0.05, 0.1) is 7.11 Å². The molecule has 1 heterocycles. The SMILES string of the molecule is [CH2-]CN(C[CH2-])CCC1CCC1CC(=O)c1c(C)[nH]c(/C=C2\C(=O)[C@H]3CCC3c3ccccc32)c1-c1ccccc1OC.[U+2]. The van der Waals surface area contributed by atoms with Crippen LogP contribution in [0.3, 0.4) is 0 Å². The molecule has 2 fully saturated rings. The van der Waals surface area contributed by atoms with Gasteiger partial charge in [0.15, 0.2) is 11.6 Å². The minimum Gasteiger partial charge on any atom is -0.496 e. The monoisotopic (exact) mass is 800 g/mol.